The number of carbonyl (C=O) groups is 1. The van der Waals surface area contributed by atoms with Crippen LogP contribution in [0.1, 0.15) is 81.7 Å². The van der Waals surface area contributed by atoms with E-state index in [0.29, 0.717) is 6.54 Å². The molecule has 0 spiro atoms. The molecule has 6 nitrogen and oxygen atoms in total. The van der Waals surface area contributed by atoms with E-state index in [9.17, 15) is 4.79 Å². The van der Waals surface area contributed by atoms with Gasteiger partial charge in [0.1, 0.15) is 5.82 Å². The third kappa shape index (κ3) is 14.7. The number of amides is 1. The largest absolute Gasteiger partial charge is 0.433 e. The summed E-state index contributed by atoms with van der Waals surface area (Å²) in [5.41, 5.74) is 5.50. The highest BCUT2D eigenvalue weighted by Crippen LogP contribution is 2.21. The van der Waals surface area contributed by atoms with Crippen LogP contribution < -0.4 is 5.32 Å². The Labute approximate surface area is 242 Å². The molecule has 0 aliphatic rings. The maximum Gasteiger partial charge on any atom is 0.433 e. The van der Waals surface area contributed by atoms with Crippen LogP contribution in [0.15, 0.2) is 72.0 Å². The predicted molar refractivity (Wildman–Crippen MR) is 171 cm³/mol. The number of aryl methyl sites for hydroxylation is 2. The van der Waals surface area contributed by atoms with Crippen molar-refractivity contribution in [3.8, 4) is 12.8 Å². The number of imidazole rings is 1. The van der Waals surface area contributed by atoms with Gasteiger partial charge in [0.2, 0.25) is 0 Å². The molecule has 0 radical (unpaired) electrons. The maximum absolute atomic E-state index is 11.7. The second-order valence-corrected chi connectivity index (χ2v) is 8.91. The summed E-state index contributed by atoms with van der Waals surface area (Å²) in [6.45, 7) is 15.8. The third-order valence-corrected chi connectivity index (χ3v) is 5.83. The number of allylic oxidation sites excluding steroid dienone is 8. The first-order valence-electron chi connectivity index (χ1n) is 13.8. The van der Waals surface area contributed by atoms with Crippen molar-refractivity contribution in [1.82, 2.24) is 14.9 Å². The van der Waals surface area contributed by atoms with Crippen LogP contribution in [0.2, 0.25) is 0 Å². The van der Waals surface area contributed by atoms with Crippen molar-refractivity contribution >= 4 is 17.9 Å². The molecule has 0 saturated carbocycles. The Bertz CT molecular complexity index is 1140. The monoisotopic (exact) mass is 544 g/mol. The molecular formula is C34H48N4O2. The van der Waals surface area contributed by atoms with Crippen LogP contribution in [0.4, 0.5) is 4.79 Å². The molecule has 1 amide bonds. The number of oxime groups is 1. The normalized spacial score (nSPS) is 11.5. The number of hydrogen-bond donors (Lipinski definition) is 1. The standard InChI is InChI=1S/C26H36N4O2.C6H10.C2H2/c1-6-12-24(7-2)25-21(4)30(22(5)29-25)18-11-9-8-10-17-27-26(31)32-28-19-23-15-13-20(3)14-16-23;1-3-5-6-4-2;1-2/h6-7,12-16,19H,8-11,17-18H2,1-5H3,(H,27,31);3-6H,1-2H3;1-2H/b12-6-,24-7+,28-19+;5-3-,6-4-;. The average Bonchev–Trinajstić information content (AvgIpc) is 3.25. The van der Waals surface area contributed by atoms with Crippen molar-refractivity contribution in [1.29, 1.82) is 0 Å². The van der Waals surface area contributed by atoms with Crippen molar-refractivity contribution < 1.29 is 9.63 Å². The fraction of sp³-hybridized carbons (Fsp3) is 0.382. The smallest absolute Gasteiger partial charge is 0.332 e. The van der Waals surface area contributed by atoms with Gasteiger partial charge in [0, 0.05) is 18.8 Å². The highest BCUT2D eigenvalue weighted by molar-refractivity contribution is 5.80. The molecule has 0 saturated heterocycles. The van der Waals surface area contributed by atoms with E-state index in [0.717, 1.165) is 54.9 Å². The van der Waals surface area contributed by atoms with E-state index in [1.54, 1.807) is 0 Å². The summed E-state index contributed by atoms with van der Waals surface area (Å²) >= 11 is 0. The Morgan fingerprint density at radius 3 is 2.15 bits per heavy atom. The zero-order valence-corrected chi connectivity index (χ0v) is 25.5. The van der Waals surface area contributed by atoms with Gasteiger partial charge in [-0.25, -0.2) is 9.78 Å². The molecule has 2 aromatic rings. The molecule has 2 rings (SSSR count). The minimum Gasteiger partial charge on any atom is -0.332 e. The van der Waals surface area contributed by atoms with Gasteiger partial charge in [-0.2, -0.15) is 0 Å². The van der Waals surface area contributed by atoms with Gasteiger partial charge in [-0.3, -0.25) is 4.84 Å². The summed E-state index contributed by atoms with van der Waals surface area (Å²) in [5.74, 6) is 1.05. The molecule has 0 aliphatic heterocycles. The molecule has 0 unspecified atom stereocenters. The average molecular weight is 545 g/mol. The van der Waals surface area contributed by atoms with Crippen molar-refractivity contribution in [2.75, 3.05) is 6.54 Å². The van der Waals surface area contributed by atoms with Gasteiger partial charge in [0.25, 0.3) is 0 Å². The molecule has 0 aliphatic carbocycles. The number of benzene rings is 1. The lowest BCUT2D eigenvalue weighted by molar-refractivity contribution is 0.151. The van der Waals surface area contributed by atoms with Crippen molar-refractivity contribution in [2.24, 2.45) is 5.16 Å². The van der Waals surface area contributed by atoms with Gasteiger partial charge in [-0.15, -0.1) is 12.8 Å². The molecule has 0 fully saturated rings. The fourth-order valence-electron chi connectivity index (χ4n) is 3.75. The van der Waals surface area contributed by atoms with E-state index >= 15 is 0 Å². The van der Waals surface area contributed by atoms with E-state index < -0.39 is 6.09 Å². The molecule has 0 atom stereocenters. The Balaban J connectivity index is 0.00000168. The molecule has 1 aromatic heterocycles. The lowest BCUT2D eigenvalue weighted by Crippen LogP contribution is -2.23. The van der Waals surface area contributed by atoms with Crippen LogP contribution >= 0.6 is 0 Å². The van der Waals surface area contributed by atoms with E-state index in [4.69, 9.17) is 9.82 Å². The molecule has 0 bridgehead atoms. The number of hydrogen-bond acceptors (Lipinski definition) is 4. The van der Waals surface area contributed by atoms with Crippen molar-refractivity contribution in [3.05, 3.63) is 95.1 Å². The molecule has 6 heteroatoms. The Morgan fingerprint density at radius 2 is 1.57 bits per heavy atom. The number of rotatable bonds is 12. The second kappa shape index (κ2) is 22.8. The second-order valence-electron chi connectivity index (χ2n) is 8.91. The summed E-state index contributed by atoms with van der Waals surface area (Å²) in [6, 6.07) is 7.82. The lowest BCUT2D eigenvalue weighted by Gasteiger charge is -2.08. The van der Waals surface area contributed by atoms with Crippen LogP contribution in [0, 0.1) is 33.6 Å². The van der Waals surface area contributed by atoms with Gasteiger partial charge in [0.05, 0.1) is 11.9 Å². The number of nitrogens with zero attached hydrogens (tertiary/aromatic N) is 3. The molecular weight excluding hydrogens is 496 g/mol. The van der Waals surface area contributed by atoms with Gasteiger partial charge in [0.15, 0.2) is 0 Å². The number of carbonyl (C=O) groups excluding carboxylic acids is 1. The van der Waals surface area contributed by atoms with Crippen molar-refractivity contribution in [2.45, 2.75) is 80.7 Å². The summed E-state index contributed by atoms with van der Waals surface area (Å²) in [7, 11) is 0. The fourth-order valence-corrected chi connectivity index (χ4v) is 3.75. The van der Waals surface area contributed by atoms with Gasteiger partial charge < -0.3 is 9.88 Å². The maximum atomic E-state index is 11.7. The van der Waals surface area contributed by atoms with Crippen LogP contribution in [-0.4, -0.2) is 28.4 Å². The van der Waals surface area contributed by atoms with Crippen molar-refractivity contribution in [3.63, 3.8) is 0 Å². The molecule has 216 valence electrons. The number of terminal acetylenes is 1. The SMILES string of the molecule is C#C.C/C=C\C(=C/C)c1nc(C)n(CCCCCCNC(=O)O/N=C/c2ccc(C)cc2)c1C.C/C=C\C=C/C. The zero-order valence-electron chi connectivity index (χ0n) is 25.5. The first-order chi connectivity index (χ1) is 19.4. The Kier molecular flexibility index (Phi) is 20.5. The molecule has 1 N–H and O–H groups in total. The van der Waals surface area contributed by atoms with E-state index in [1.165, 1.54) is 17.5 Å². The topological polar surface area (TPSA) is 68.5 Å². The summed E-state index contributed by atoms with van der Waals surface area (Å²) in [4.78, 5) is 21.3. The van der Waals surface area contributed by atoms with Crippen LogP contribution in [0.5, 0.6) is 0 Å². The van der Waals surface area contributed by atoms with Gasteiger partial charge in [-0.1, -0.05) is 90.4 Å². The first kappa shape index (κ1) is 35.9. The summed E-state index contributed by atoms with van der Waals surface area (Å²) in [6.07, 6.45) is 27.4. The minimum absolute atomic E-state index is 0.522. The molecule has 40 heavy (non-hydrogen) atoms. The van der Waals surface area contributed by atoms with Gasteiger partial charge >= 0.3 is 6.09 Å². The summed E-state index contributed by atoms with van der Waals surface area (Å²) in [5, 5.41) is 6.46. The van der Waals surface area contributed by atoms with Crippen LogP contribution in [0.3, 0.4) is 0 Å². The lowest BCUT2D eigenvalue weighted by atomic mass is 10.1. The number of aromatic nitrogens is 2. The van der Waals surface area contributed by atoms with Crippen LogP contribution in [0.25, 0.3) is 5.57 Å². The zero-order chi connectivity index (χ0) is 30.2. The van der Waals surface area contributed by atoms with Gasteiger partial charge in [-0.05, 0) is 72.4 Å². The molecule has 1 aromatic carbocycles. The Hall–Kier alpha value is -4.11. The number of nitrogens with one attached hydrogen (secondary N) is 1. The summed E-state index contributed by atoms with van der Waals surface area (Å²) < 4.78 is 2.30. The predicted octanol–water partition coefficient (Wildman–Crippen LogP) is 8.50. The van der Waals surface area contributed by atoms with E-state index in [1.807, 2.05) is 89.3 Å². The quantitative estimate of drug-likeness (QED) is 0.0727. The van der Waals surface area contributed by atoms with E-state index in [-0.39, 0.29) is 0 Å². The van der Waals surface area contributed by atoms with Crippen LogP contribution in [-0.2, 0) is 11.4 Å². The minimum atomic E-state index is -0.522. The number of unbranched alkanes of at least 4 members (excludes halogenated alkanes) is 3. The third-order valence-electron chi connectivity index (χ3n) is 5.83. The van der Waals surface area contributed by atoms with E-state index in [2.05, 4.69) is 53.9 Å². The highest BCUT2D eigenvalue weighted by Gasteiger charge is 2.12. The molecule has 1 heterocycles. The first-order valence-corrected chi connectivity index (χ1v) is 13.8. The Morgan fingerprint density at radius 1 is 0.950 bits per heavy atom. The highest BCUT2D eigenvalue weighted by atomic mass is 16.7.